The molecule has 150 valence electrons. The Morgan fingerprint density at radius 1 is 0.933 bits per heavy atom. The van der Waals surface area contributed by atoms with Gasteiger partial charge in [-0.25, -0.2) is 13.8 Å². The molecule has 10 heteroatoms. The van der Waals surface area contributed by atoms with Gasteiger partial charge in [0, 0.05) is 23.4 Å². The fraction of sp³-hybridized carbons (Fsp3) is 0. The number of carbonyl (C=O) groups excluding carboxylic acids is 2. The maximum absolute atomic E-state index is 13.8. The van der Waals surface area contributed by atoms with E-state index in [0.717, 1.165) is 11.5 Å². The van der Waals surface area contributed by atoms with Crippen molar-refractivity contribution in [2.45, 2.75) is 0 Å². The van der Waals surface area contributed by atoms with E-state index in [4.69, 9.17) is 11.1 Å². The molecule has 0 bridgehead atoms. The number of amidine groups is 1. The summed E-state index contributed by atoms with van der Waals surface area (Å²) in [6.45, 7) is 0. The molecule has 0 fully saturated rings. The molecule has 3 aromatic rings. The van der Waals surface area contributed by atoms with E-state index in [9.17, 15) is 18.4 Å². The molecule has 7 nitrogen and oxygen atoms in total. The Labute approximate surface area is 171 Å². The van der Waals surface area contributed by atoms with E-state index < -0.39 is 23.4 Å². The van der Waals surface area contributed by atoms with Gasteiger partial charge in [-0.3, -0.25) is 15.0 Å². The number of rotatable bonds is 5. The number of nitrogens with two attached hydrogens (primary N) is 1. The minimum atomic E-state index is -1.24. The Bertz CT molecular complexity index is 1140. The van der Waals surface area contributed by atoms with Crippen molar-refractivity contribution in [1.29, 1.82) is 5.41 Å². The SMILES string of the molecule is Bc1ccc(NC(=O)c2cc(F)c(F)cc2NC(=O)c2ccc(C(=N)N)cc2)nc1. The molecule has 5 N–H and O–H groups in total. The summed E-state index contributed by atoms with van der Waals surface area (Å²) in [6, 6.07) is 10.5. The molecule has 2 amide bonds. The Kier molecular flexibility index (Phi) is 5.86. The van der Waals surface area contributed by atoms with Gasteiger partial charge >= 0.3 is 0 Å². The standard InChI is InChI=1S/C20H16BF2N5O2/c21-12-5-6-17(26-9-12)28-20(30)13-7-14(22)15(23)8-16(13)27-19(29)11-3-1-10(2-4-11)18(24)25/h1-9H,21H2,(H3,24,25)(H,27,29)(H,26,28,30). The largest absolute Gasteiger partial charge is 0.384 e. The Morgan fingerprint density at radius 2 is 1.57 bits per heavy atom. The Morgan fingerprint density at radius 3 is 2.17 bits per heavy atom. The molecule has 1 heterocycles. The van der Waals surface area contributed by atoms with Gasteiger partial charge in [0.05, 0.1) is 11.3 Å². The summed E-state index contributed by atoms with van der Waals surface area (Å²) >= 11 is 0. The Balaban J connectivity index is 1.87. The van der Waals surface area contributed by atoms with Crippen molar-refractivity contribution in [2.24, 2.45) is 5.73 Å². The molecule has 3 rings (SSSR count). The highest BCUT2D eigenvalue weighted by atomic mass is 19.2. The highest BCUT2D eigenvalue weighted by Gasteiger charge is 2.19. The minimum Gasteiger partial charge on any atom is -0.384 e. The van der Waals surface area contributed by atoms with Crippen LogP contribution in [0.1, 0.15) is 26.3 Å². The van der Waals surface area contributed by atoms with E-state index in [1.165, 1.54) is 30.5 Å². The second-order valence-corrected chi connectivity index (χ2v) is 6.43. The monoisotopic (exact) mass is 407 g/mol. The van der Waals surface area contributed by atoms with Crippen LogP contribution in [0.5, 0.6) is 0 Å². The van der Waals surface area contributed by atoms with Crippen LogP contribution in [0.2, 0.25) is 0 Å². The normalized spacial score (nSPS) is 10.3. The van der Waals surface area contributed by atoms with Crippen LogP contribution in [-0.2, 0) is 0 Å². The zero-order chi connectivity index (χ0) is 21.8. The first-order chi connectivity index (χ1) is 14.2. The number of hydrogen-bond donors (Lipinski definition) is 4. The van der Waals surface area contributed by atoms with Gasteiger partial charge in [-0.05, 0) is 24.3 Å². The van der Waals surface area contributed by atoms with Crippen molar-refractivity contribution in [3.63, 3.8) is 0 Å². The fourth-order valence-electron chi connectivity index (χ4n) is 2.56. The van der Waals surface area contributed by atoms with Gasteiger partial charge in [0.2, 0.25) is 0 Å². The molecular weight excluding hydrogens is 391 g/mol. The van der Waals surface area contributed by atoms with E-state index in [1.54, 1.807) is 12.1 Å². The maximum Gasteiger partial charge on any atom is 0.259 e. The van der Waals surface area contributed by atoms with Crippen LogP contribution >= 0.6 is 0 Å². The number of halogens is 2. The van der Waals surface area contributed by atoms with Gasteiger partial charge in [-0.2, -0.15) is 0 Å². The summed E-state index contributed by atoms with van der Waals surface area (Å²) in [5, 5.41) is 12.3. The number of hydrogen-bond acceptors (Lipinski definition) is 4. The molecule has 0 atom stereocenters. The van der Waals surface area contributed by atoms with E-state index in [1.807, 2.05) is 7.85 Å². The third-order valence-electron chi connectivity index (χ3n) is 4.16. The second kappa shape index (κ2) is 8.52. The van der Waals surface area contributed by atoms with Crippen LogP contribution in [0.4, 0.5) is 20.3 Å². The number of carbonyl (C=O) groups is 2. The first-order valence-corrected chi connectivity index (χ1v) is 8.73. The van der Waals surface area contributed by atoms with Crippen LogP contribution in [0.25, 0.3) is 0 Å². The smallest absolute Gasteiger partial charge is 0.259 e. The molecule has 0 unspecified atom stereocenters. The number of nitrogens with zero attached hydrogens (tertiary/aromatic N) is 1. The zero-order valence-corrected chi connectivity index (χ0v) is 15.8. The summed E-state index contributed by atoms with van der Waals surface area (Å²) in [4.78, 5) is 29.1. The molecule has 0 radical (unpaired) electrons. The van der Waals surface area contributed by atoms with Crippen LogP contribution in [-0.4, -0.2) is 30.5 Å². The van der Waals surface area contributed by atoms with Crippen LogP contribution in [0.3, 0.4) is 0 Å². The van der Waals surface area contributed by atoms with Gasteiger partial charge in [0.25, 0.3) is 11.8 Å². The van der Waals surface area contributed by atoms with Gasteiger partial charge in [-0.1, -0.05) is 23.7 Å². The minimum absolute atomic E-state index is 0.161. The van der Waals surface area contributed by atoms with Crippen molar-refractivity contribution in [3.8, 4) is 0 Å². The predicted molar refractivity (Wildman–Crippen MR) is 112 cm³/mol. The summed E-state index contributed by atoms with van der Waals surface area (Å²) in [7, 11) is 1.82. The van der Waals surface area contributed by atoms with E-state index in [-0.39, 0.29) is 28.5 Å². The first-order valence-electron chi connectivity index (χ1n) is 8.73. The average Bonchev–Trinajstić information content (AvgIpc) is 2.72. The highest BCUT2D eigenvalue weighted by Crippen LogP contribution is 2.22. The third-order valence-corrected chi connectivity index (χ3v) is 4.16. The Hall–Kier alpha value is -4.08. The number of amides is 2. The molecule has 30 heavy (non-hydrogen) atoms. The third kappa shape index (κ3) is 4.66. The average molecular weight is 407 g/mol. The van der Waals surface area contributed by atoms with Crippen molar-refractivity contribution in [1.82, 2.24) is 4.98 Å². The lowest BCUT2D eigenvalue weighted by molar-refractivity contribution is 0.102. The molecule has 2 aromatic carbocycles. The van der Waals surface area contributed by atoms with Crippen LogP contribution in [0.15, 0.2) is 54.7 Å². The molecule has 0 aliphatic carbocycles. The number of nitrogen functional groups attached to an aromatic ring is 1. The summed E-state index contributed by atoms with van der Waals surface area (Å²) < 4.78 is 27.6. The van der Waals surface area contributed by atoms with Gasteiger partial charge in [0.15, 0.2) is 11.6 Å². The second-order valence-electron chi connectivity index (χ2n) is 6.43. The predicted octanol–water partition coefficient (Wildman–Crippen LogP) is 1.41. The quantitative estimate of drug-likeness (QED) is 0.290. The zero-order valence-electron chi connectivity index (χ0n) is 15.8. The number of aromatic nitrogens is 1. The van der Waals surface area contributed by atoms with Gasteiger partial charge < -0.3 is 16.4 Å². The van der Waals surface area contributed by atoms with Crippen LogP contribution < -0.4 is 21.8 Å². The van der Waals surface area contributed by atoms with E-state index in [0.29, 0.717) is 11.6 Å². The molecule has 0 saturated heterocycles. The summed E-state index contributed by atoms with van der Waals surface area (Å²) in [6.07, 6.45) is 1.54. The first kappa shape index (κ1) is 20.7. The van der Waals surface area contributed by atoms with Gasteiger partial charge in [0.1, 0.15) is 19.5 Å². The number of anilines is 2. The topological polar surface area (TPSA) is 121 Å². The number of benzene rings is 2. The van der Waals surface area contributed by atoms with E-state index >= 15 is 0 Å². The highest BCUT2D eigenvalue weighted by molar-refractivity contribution is 6.32. The number of nitrogens with one attached hydrogen (secondary N) is 3. The van der Waals surface area contributed by atoms with Crippen LogP contribution in [0, 0.1) is 17.0 Å². The van der Waals surface area contributed by atoms with Crippen molar-refractivity contribution in [2.75, 3.05) is 10.6 Å². The maximum atomic E-state index is 13.8. The molecule has 0 aliphatic rings. The molecule has 0 spiro atoms. The summed E-state index contributed by atoms with van der Waals surface area (Å²) in [5.41, 5.74) is 6.37. The number of pyridine rings is 1. The lowest BCUT2D eigenvalue weighted by Crippen LogP contribution is -2.20. The molecule has 0 saturated carbocycles. The fourth-order valence-corrected chi connectivity index (χ4v) is 2.56. The van der Waals surface area contributed by atoms with Crippen molar-refractivity contribution < 1.29 is 18.4 Å². The van der Waals surface area contributed by atoms with E-state index in [2.05, 4.69) is 15.6 Å². The van der Waals surface area contributed by atoms with Crippen molar-refractivity contribution in [3.05, 3.63) is 83.1 Å². The lowest BCUT2D eigenvalue weighted by atomic mass is 9.99. The molecule has 0 aliphatic heterocycles. The lowest BCUT2D eigenvalue weighted by Gasteiger charge is -2.12. The van der Waals surface area contributed by atoms with Crippen molar-refractivity contribution >= 4 is 42.5 Å². The summed E-state index contributed by atoms with van der Waals surface area (Å²) in [5.74, 6) is -3.83. The molecule has 1 aromatic heterocycles. The van der Waals surface area contributed by atoms with Gasteiger partial charge in [-0.15, -0.1) is 0 Å². The molecular formula is C20H16BF2N5O2.